The molecule has 0 radical (unpaired) electrons. The third-order valence-corrected chi connectivity index (χ3v) is 9.09. The molecule has 0 fully saturated rings. The van der Waals surface area contributed by atoms with Crippen LogP contribution in [0.15, 0.2) is 30.3 Å². The Bertz CT molecular complexity index is 513. The zero-order valence-electron chi connectivity index (χ0n) is 13.8. The van der Waals surface area contributed by atoms with Crippen LogP contribution in [0.3, 0.4) is 0 Å². The summed E-state index contributed by atoms with van der Waals surface area (Å²) in [6.07, 6.45) is 2.71. The Hall–Kier alpha value is -1.55. The molecule has 1 aromatic rings. The van der Waals surface area contributed by atoms with Crippen LogP contribution >= 0.6 is 0 Å². The maximum atomic E-state index is 10.5. The minimum Gasteiger partial charge on any atom is -0.543 e. The molecule has 21 heavy (non-hydrogen) atoms. The summed E-state index contributed by atoms with van der Waals surface area (Å²) in [6, 6.07) is 7.57. The minimum absolute atomic E-state index is 0.162. The molecule has 0 aliphatic carbocycles. The summed E-state index contributed by atoms with van der Waals surface area (Å²) >= 11 is 0. The number of carbonyl (C=O) groups is 1. The zero-order valence-corrected chi connectivity index (χ0v) is 14.8. The van der Waals surface area contributed by atoms with Crippen molar-refractivity contribution in [1.29, 1.82) is 0 Å². The van der Waals surface area contributed by atoms with E-state index in [9.17, 15) is 4.79 Å². The number of hydrogen-bond acceptors (Lipinski definition) is 2. The van der Waals surface area contributed by atoms with E-state index in [0.717, 1.165) is 17.4 Å². The monoisotopic (exact) mass is 306 g/mol. The first-order valence-corrected chi connectivity index (χ1v) is 10.2. The van der Waals surface area contributed by atoms with E-state index in [1.165, 1.54) is 0 Å². The van der Waals surface area contributed by atoms with E-state index < -0.39 is 14.3 Å². The van der Waals surface area contributed by atoms with Gasteiger partial charge in [0.2, 0.25) is 0 Å². The molecule has 0 amide bonds. The van der Waals surface area contributed by atoms with E-state index >= 15 is 0 Å². The Balaban J connectivity index is 2.87. The largest absolute Gasteiger partial charge is 0.543 e. The van der Waals surface area contributed by atoms with Gasteiger partial charge in [0.25, 0.3) is 8.32 Å². The first kappa shape index (κ1) is 17.5. The number of aliphatic carboxylic acids is 1. The van der Waals surface area contributed by atoms with Crippen molar-refractivity contribution < 1.29 is 14.3 Å². The average molecular weight is 306 g/mol. The topological polar surface area (TPSA) is 46.5 Å². The summed E-state index contributed by atoms with van der Waals surface area (Å²) in [7, 11) is -1.90. The highest BCUT2D eigenvalue weighted by Gasteiger charge is 2.44. The van der Waals surface area contributed by atoms with Crippen LogP contribution in [0, 0.1) is 5.92 Å². The van der Waals surface area contributed by atoms with Gasteiger partial charge in [-0.3, -0.25) is 0 Å². The van der Waals surface area contributed by atoms with Crippen molar-refractivity contribution in [3.8, 4) is 5.75 Å². The molecule has 1 aromatic carbocycles. The lowest BCUT2D eigenvalue weighted by molar-refractivity contribution is -0.131. The van der Waals surface area contributed by atoms with Crippen LogP contribution < -0.4 is 4.43 Å². The van der Waals surface area contributed by atoms with E-state index in [2.05, 4.69) is 40.8 Å². The summed E-state index contributed by atoms with van der Waals surface area (Å²) in [4.78, 5) is 10.5. The van der Waals surface area contributed by atoms with Gasteiger partial charge in [-0.25, -0.2) is 4.79 Å². The molecule has 116 valence electrons. The maximum absolute atomic E-state index is 10.5. The molecule has 1 N–H and O–H groups in total. The van der Waals surface area contributed by atoms with Crippen LogP contribution in [-0.4, -0.2) is 19.4 Å². The molecule has 0 heterocycles. The number of carboxylic acid groups (broad SMARTS) is 1. The molecular weight excluding hydrogens is 280 g/mol. The number of hydrogen-bond donors (Lipinski definition) is 1. The average Bonchev–Trinajstić information content (AvgIpc) is 2.37. The third-order valence-electron chi connectivity index (χ3n) is 4.67. The van der Waals surface area contributed by atoms with Crippen molar-refractivity contribution in [1.82, 2.24) is 0 Å². The van der Waals surface area contributed by atoms with Crippen LogP contribution in [0.1, 0.15) is 33.3 Å². The molecule has 0 atom stereocenters. The number of rotatable bonds is 6. The van der Waals surface area contributed by atoms with Crippen LogP contribution in [0.25, 0.3) is 6.08 Å². The smallest absolute Gasteiger partial charge is 0.328 e. The van der Waals surface area contributed by atoms with Crippen molar-refractivity contribution in [2.75, 3.05) is 0 Å². The van der Waals surface area contributed by atoms with Crippen LogP contribution in [-0.2, 0) is 4.79 Å². The summed E-state index contributed by atoms with van der Waals surface area (Å²) in [5.41, 5.74) is 0.854. The Kier molecular flexibility index (Phi) is 5.40. The summed E-state index contributed by atoms with van der Waals surface area (Å²) in [6.45, 7) is 13.5. The Labute approximate surface area is 128 Å². The minimum atomic E-state index is -1.90. The van der Waals surface area contributed by atoms with Gasteiger partial charge in [-0.2, -0.15) is 0 Å². The molecule has 4 heteroatoms. The van der Waals surface area contributed by atoms with E-state index in [4.69, 9.17) is 9.53 Å². The molecular formula is C17H26O3Si. The van der Waals surface area contributed by atoms with Gasteiger partial charge < -0.3 is 9.53 Å². The first-order chi connectivity index (χ1) is 9.56. The molecule has 3 nitrogen and oxygen atoms in total. The highest BCUT2D eigenvalue weighted by molar-refractivity contribution is 6.74. The lowest BCUT2D eigenvalue weighted by Crippen LogP contribution is -2.47. The molecule has 0 spiro atoms. The molecule has 0 aromatic heterocycles. The highest BCUT2D eigenvalue weighted by atomic mass is 28.4. The molecule has 0 aliphatic rings. The van der Waals surface area contributed by atoms with Gasteiger partial charge in [0.05, 0.1) is 0 Å². The fourth-order valence-electron chi connectivity index (χ4n) is 1.94. The summed E-state index contributed by atoms with van der Waals surface area (Å²) in [5, 5.41) is 8.78. The predicted octanol–water partition coefficient (Wildman–Crippen LogP) is 4.80. The molecule has 0 saturated heterocycles. The van der Waals surface area contributed by atoms with Crippen molar-refractivity contribution in [3.63, 3.8) is 0 Å². The second kappa shape index (κ2) is 6.48. The summed E-state index contributed by atoms with van der Waals surface area (Å²) in [5.74, 6) is 0.465. The van der Waals surface area contributed by atoms with Gasteiger partial charge in [-0.05, 0) is 47.8 Å². The Morgan fingerprint density at radius 1 is 1.24 bits per heavy atom. The Morgan fingerprint density at radius 2 is 1.76 bits per heavy atom. The zero-order chi connectivity index (χ0) is 16.3. The van der Waals surface area contributed by atoms with Crippen LogP contribution in [0.2, 0.25) is 18.1 Å². The maximum Gasteiger partial charge on any atom is 0.328 e. The summed E-state index contributed by atoms with van der Waals surface area (Å²) < 4.78 is 6.31. The predicted molar refractivity (Wildman–Crippen MR) is 90.1 cm³/mol. The normalized spacial score (nSPS) is 12.9. The molecule has 0 saturated carbocycles. The molecule has 0 unspecified atom stereocenters. The fraction of sp³-hybridized carbons (Fsp3) is 0.471. The second-order valence-electron chi connectivity index (χ2n) is 6.73. The van der Waals surface area contributed by atoms with E-state index in [1.807, 2.05) is 24.3 Å². The van der Waals surface area contributed by atoms with E-state index in [-0.39, 0.29) is 5.04 Å². The van der Waals surface area contributed by atoms with Gasteiger partial charge in [0, 0.05) is 6.08 Å². The van der Waals surface area contributed by atoms with Crippen LogP contribution in [0.4, 0.5) is 0 Å². The first-order valence-electron chi connectivity index (χ1n) is 7.26. The van der Waals surface area contributed by atoms with Crippen molar-refractivity contribution >= 4 is 20.4 Å². The van der Waals surface area contributed by atoms with Gasteiger partial charge in [0.15, 0.2) is 0 Å². The fourth-order valence-corrected chi connectivity index (χ4v) is 4.31. The Morgan fingerprint density at radius 3 is 2.19 bits per heavy atom. The van der Waals surface area contributed by atoms with E-state index in [0.29, 0.717) is 5.92 Å². The number of benzene rings is 1. The molecule has 0 aliphatic heterocycles. The van der Waals surface area contributed by atoms with Gasteiger partial charge in [-0.15, -0.1) is 0 Å². The highest BCUT2D eigenvalue weighted by Crippen LogP contribution is 2.44. The van der Waals surface area contributed by atoms with Crippen molar-refractivity contribution in [2.45, 2.75) is 45.8 Å². The van der Waals surface area contributed by atoms with E-state index in [1.54, 1.807) is 6.08 Å². The SMILES string of the molecule is CC(C)C(C)(C)[Si](C)(C)Oc1ccc(/C=C/C(=O)O)cc1. The van der Waals surface area contributed by atoms with Crippen molar-refractivity contribution in [2.24, 2.45) is 5.92 Å². The molecule has 0 bridgehead atoms. The number of carboxylic acids is 1. The standard InChI is InChI=1S/C17H26O3Si/c1-13(2)17(3,4)21(5,6)20-15-10-7-14(8-11-15)9-12-16(18)19/h7-13H,1-6H3,(H,18,19)/b12-9+. The lowest BCUT2D eigenvalue weighted by atomic mass is 9.99. The molecule has 1 rings (SSSR count). The van der Waals surface area contributed by atoms with Gasteiger partial charge in [-0.1, -0.05) is 39.8 Å². The second-order valence-corrected chi connectivity index (χ2v) is 11.2. The van der Waals surface area contributed by atoms with Gasteiger partial charge in [0.1, 0.15) is 5.75 Å². The lowest BCUT2D eigenvalue weighted by Gasteiger charge is -2.42. The van der Waals surface area contributed by atoms with Crippen molar-refractivity contribution in [3.05, 3.63) is 35.9 Å². The van der Waals surface area contributed by atoms with Crippen LogP contribution in [0.5, 0.6) is 5.75 Å². The van der Waals surface area contributed by atoms with Gasteiger partial charge >= 0.3 is 5.97 Å². The quantitative estimate of drug-likeness (QED) is 0.606. The third kappa shape index (κ3) is 4.46.